The van der Waals surface area contributed by atoms with Crippen LogP contribution < -0.4 is 0 Å². The first-order valence-electron chi connectivity index (χ1n) is 7.48. The quantitative estimate of drug-likeness (QED) is 0.838. The summed E-state index contributed by atoms with van der Waals surface area (Å²) in [4.78, 5) is 7.09. The molecule has 0 amide bonds. The van der Waals surface area contributed by atoms with Crippen molar-refractivity contribution in [3.05, 3.63) is 30.6 Å². The van der Waals surface area contributed by atoms with Gasteiger partial charge in [0.2, 0.25) is 0 Å². The second kappa shape index (κ2) is 5.74. The topological polar surface area (TPSA) is 21.1 Å². The van der Waals surface area contributed by atoms with Crippen molar-refractivity contribution in [1.82, 2.24) is 14.5 Å². The van der Waals surface area contributed by atoms with Gasteiger partial charge in [-0.05, 0) is 44.9 Å². The zero-order chi connectivity index (χ0) is 13.1. The molecule has 19 heavy (non-hydrogen) atoms. The Labute approximate surface area is 115 Å². The van der Waals surface area contributed by atoms with E-state index in [1.54, 1.807) is 0 Å². The Bertz CT molecular complexity index is 532. The number of hydrogen-bond acceptors (Lipinski definition) is 2. The number of fused-ring (bicyclic) bond motifs is 1. The van der Waals surface area contributed by atoms with Crippen LogP contribution >= 0.6 is 0 Å². The number of piperidine rings is 1. The maximum absolute atomic E-state index is 4.45. The lowest BCUT2D eigenvalue weighted by Crippen LogP contribution is -2.38. The lowest BCUT2D eigenvalue weighted by atomic mass is 10.0. The summed E-state index contributed by atoms with van der Waals surface area (Å²) in [6.07, 6.45) is 7.34. The molecule has 0 N–H and O–H groups in total. The number of nitrogens with zero attached hydrogens (tertiary/aromatic N) is 3. The van der Waals surface area contributed by atoms with E-state index in [0.29, 0.717) is 0 Å². The predicted molar refractivity (Wildman–Crippen MR) is 79.2 cm³/mol. The summed E-state index contributed by atoms with van der Waals surface area (Å²) in [6, 6.07) is 9.15. The molecule has 1 aliphatic heterocycles. The van der Waals surface area contributed by atoms with Crippen molar-refractivity contribution >= 4 is 11.0 Å². The first-order valence-corrected chi connectivity index (χ1v) is 7.48. The highest BCUT2D eigenvalue weighted by Crippen LogP contribution is 2.17. The number of hydrogen-bond donors (Lipinski definition) is 0. The standard InChI is InChI=1S/C16H23N3/c1-14-7-4-5-10-18(14)11-6-12-19-13-17-15-8-2-3-9-16(15)19/h2-3,8-9,13-14H,4-7,10-12H2,1H3/t14-/m0/s1. The van der Waals surface area contributed by atoms with Crippen molar-refractivity contribution in [1.29, 1.82) is 0 Å². The Morgan fingerprint density at radius 2 is 2.11 bits per heavy atom. The summed E-state index contributed by atoms with van der Waals surface area (Å²) in [6.45, 7) is 5.94. The van der Waals surface area contributed by atoms with Gasteiger partial charge in [0.1, 0.15) is 0 Å². The van der Waals surface area contributed by atoms with Crippen LogP contribution in [-0.2, 0) is 6.54 Å². The highest BCUT2D eigenvalue weighted by atomic mass is 15.2. The fourth-order valence-corrected chi connectivity index (χ4v) is 3.12. The van der Waals surface area contributed by atoms with Crippen LogP contribution in [0.15, 0.2) is 30.6 Å². The first kappa shape index (κ1) is 12.7. The van der Waals surface area contributed by atoms with Crippen LogP contribution in [0.4, 0.5) is 0 Å². The summed E-state index contributed by atoms with van der Waals surface area (Å²) in [7, 11) is 0. The number of aryl methyl sites for hydroxylation is 1. The van der Waals surface area contributed by atoms with Gasteiger partial charge in [0.25, 0.3) is 0 Å². The lowest BCUT2D eigenvalue weighted by Gasteiger charge is -2.33. The average molecular weight is 257 g/mol. The molecular formula is C16H23N3. The minimum absolute atomic E-state index is 0.772. The van der Waals surface area contributed by atoms with Gasteiger partial charge in [0.05, 0.1) is 17.4 Å². The van der Waals surface area contributed by atoms with Crippen LogP contribution in [0, 0.1) is 0 Å². The third kappa shape index (κ3) is 2.81. The van der Waals surface area contributed by atoms with Crippen LogP contribution in [-0.4, -0.2) is 33.6 Å². The highest BCUT2D eigenvalue weighted by molar-refractivity contribution is 5.74. The number of benzene rings is 1. The first-order chi connectivity index (χ1) is 9.34. The van der Waals surface area contributed by atoms with Gasteiger partial charge in [-0.3, -0.25) is 0 Å². The molecule has 0 aliphatic carbocycles. The molecule has 0 bridgehead atoms. The van der Waals surface area contributed by atoms with E-state index in [-0.39, 0.29) is 0 Å². The molecule has 3 nitrogen and oxygen atoms in total. The molecular weight excluding hydrogens is 234 g/mol. The largest absolute Gasteiger partial charge is 0.331 e. The monoisotopic (exact) mass is 257 g/mol. The maximum Gasteiger partial charge on any atom is 0.0958 e. The number of rotatable bonds is 4. The van der Waals surface area contributed by atoms with Crippen molar-refractivity contribution in [2.45, 2.75) is 45.2 Å². The van der Waals surface area contributed by atoms with Crippen LogP contribution in [0.3, 0.4) is 0 Å². The minimum Gasteiger partial charge on any atom is -0.331 e. The van der Waals surface area contributed by atoms with Gasteiger partial charge in [0, 0.05) is 19.1 Å². The molecule has 1 fully saturated rings. The molecule has 1 atom stereocenters. The van der Waals surface area contributed by atoms with E-state index < -0.39 is 0 Å². The maximum atomic E-state index is 4.45. The molecule has 102 valence electrons. The molecule has 1 aliphatic rings. The number of imidazole rings is 1. The second-order valence-electron chi connectivity index (χ2n) is 5.66. The second-order valence-corrected chi connectivity index (χ2v) is 5.66. The van der Waals surface area contributed by atoms with Crippen molar-refractivity contribution in [2.24, 2.45) is 0 Å². The van der Waals surface area contributed by atoms with Crippen molar-refractivity contribution in [3.63, 3.8) is 0 Å². The molecule has 2 aromatic rings. The van der Waals surface area contributed by atoms with Gasteiger partial charge in [-0.15, -0.1) is 0 Å². The average Bonchev–Trinajstić information content (AvgIpc) is 2.85. The van der Waals surface area contributed by atoms with Gasteiger partial charge in [-0.25, -0.2) is 4.98 Å². The number of para-hydroxylation sites is 2. The molecule has 2 heterocycles. The number of likely N-dealkylation sites (tertiary alicyclic amines) is 1. The SMILES string of the molecule is C[C@H]1CCCCN1CCCn1cnc2ccccc21. The van der Waals surface area contributed by atoms with Crippen LogP contribution in [0.5, 0.6) is 0 Å². The Balaban J connectivity index is 1.57. The van der Waals surface area contributed by atoms with Gasteiger partial charge in [-0.2, -0.15) is 0 Å². The molecule has 0 spiro atoms. The van der Waals surface area contributed by atoms with Crippen LogP contribution in [0.2, 0.25) is 0 Å². The fourth-order valence-electron chi connectivity index (χ4n) is 3.12. The molecule has 1 saturated heterocycles. The normalized spacial score (nSPS) is 21.0. The Hall–Kier alpha value is -1.35. The van der Waals surface area contributed by atoms with Gasteiger partial charge >= 0.3 is 0 Å². The molecule has 3 rings (SSSR count). The molecule has 1 aromatic heterocycles. The van der Waals surface area contributed by atoms with Crippen molar-refractivity contribution < 1.29 is 0 Å². The lowest BCUT2D eigenvalue weighted by molar-refractivity contribution is 0.157. The highest BCUT2D eigenvalue weighted by Gasteiger charge is 2.17. The van der Waals surface area contributed by atoms with Gasteiger partial charge < -0.3 is 9.47 Å². The zero-order valence-corrected chi connectivity index (χ0v) is 11.8. The van der Waals surface area contributed by atoms with E-state index in [1.165, 1.54) is 44.3 Å². The third-order valence-corrected chi connectivity index (χ3v) is 4.31. The third-order valence-electron chi connectivity index (χ3n) is 4.31. The Morgan fingerprint density at radius 3 is 3.00 bits per heavy atom. The molecule has 0 unspecified atom stereocenters. The fraction of sp³-hybridized carbons (Fsp3) is 0.562. The van der Waals surface area contributed by atoms with Crippen molar-refractivity contribution in [2.75, 3.05) is 13.1 Å². The smallest absolute Gasteiger partial charge is 0.0958 e. The van der Waals surface area contributed by atoms with E-state index in [1.807, 2.05) is 6.33 Å². The summed E-state index contributed by atoms with van der Waals surface area (Å²) in [5.74, 6) is 0. The predicted octanol–water partition coefficient (Wildman–Crippen LogP) is 3.30. The number of aromatic nitrogens is 2. The molecule has 0 radical (unpaired) electrons. The van der Waals surface area contributed by atoms with Crippen LogP contribution in [0.25, 0.3) is 11.0 Å². The zero-order valence-electron chi connectivity index (χ0n) is 11.8. The summed E-state index contributed by atoms with van der Waals surface area (Å²) >= 11 is 0. The van der Waals surface area contributed by atoms with Crippen LogP contribution in [0.1, 0.15) is 32.6 Å². The van der Waals surface area contributed by atoms with Gasteiger partial charge in [0.15, 0.2) is 0 Å². The summed E-state index contributed by atoms with van der Waals surface area (Å²) in [5, 5.41) is 0. The van der Waals surface area contributed by atoms with E-state index in [9.17, 15) is 0 Å². The molecule has 1 aromatic carbocycles. The molecule has 0 saturated carbocycles. The Kier molecular flexibility index (Phi) is 3.83. The van der Waals surface area contributed by atoms with Gasteiger partial charge in [-0.1, -0.05) is 18.6 Å². The Morgan fingerprint density at radius 1 is 1.21 bits per heavy atom. The van der Waals surface area contributed by atoms with E-state index in [2.05, 4.69) is 45.6 Å². The summed E-state index contributed by atoms with van der Waals surface area (Å²) in [5.41, 5.74) is 2.36. The van der Waals surface area contributed by atoms with E-state index in [0.717, 1.165) is 18.1 Å². The van der Waals surface area contributed by atoms with E-state index >= 15 is 0 Å². The van der Waals surface area contributed by atoms with Crippen molar-refractivity contribution in [3.8, 4) is 0 Å². The van der Waals surface area contributed by atoms with E-state index in [4.69, 9.17) is 0 Å². The molecule has 3 heteroatoms. The summed E-state index contributed by atoms with van der Waals surface area (Å²) < 4.78 is 2.28. The minimum atomic E-state index is 0.772.